The predicted molar refractivity (Wildman–Crippen MR) is 103 cm³/mol. The minimum atomic E-state index is 0.308. The fourth-order valence-electron chi connectivity index (χ4n) is 3.57. The molecular weight excluding hydrogens is 330 g/mol. The van der Waals surface area contributed by atoms with Gasteiger partial charge in [0.05, 0.1) is 25.1 Å². The molecule has 2 aliphatic heterocycles. The lowest BCUT2D eigenvalue weighted by Gasteiger charge is -2.35. The molecule has 26 heavy (non-hydrogen) atoms. The maximum Gasteiger partial charge on any atom is 0.193 e. The van der Waals surface area contributed by atoms with E-state index in [9.17, 15) is 0 Å². The largest absolute Gasteiger partial charge is 0.469 e. The highest BCUT2D eigenvalue weighted by Crippen LogP contribution is 2.18. The fraction of sp³-hybridized carbons (Fsp3) is 0.750. The molecule has 1 atom stereocenters. The van der Waals surface area contributed by atoms with E-state index in [4.69, 9.17) is 18.9 Å². The lowest BCUT2D eigenvalue weighted by molar-refractivity contribution is -0.0721. The van der Waals surface area contributed by atoms with Crippen molar-refractivity contribution in [3.8, 4) is 0 Å². The van der Waals surface area contributed by atoms with Gasteiger partial charge in [-0.15, -0.1) is 0 Å². The van der Waals surface area contributed by atoms with Gasteiger partial charge in [0.15, 0.2) is 5.96 Å². The number of likely N-dealkylation sites (tertiary alicyclic amines) is 1. The first kappa shape index (κ1) is 19.2. The van der Waals surface area contributed by atoms with Crippen LogP contribution in [0.15, 0.2) is 27.8 Å². The summed E-state index contributed by atoms with van der Waals surface area (Å²) in [5.74, 6) is 2.00. The molecule has 1 N–H and O–H groups in total. The Balaban J connectivity index is 1.40. The van der Waals surface area contributed by atoms with Crippen molar-refractivity contribution >= 4 is 5.96 Å². The lowest BCUT2D eigenvalue weighted by atomic mass is 10.1. The molecule has 0 radical (unpaired) electrons. The number of aliphatic imine (C=N–C) groups is 1. The van der Waals surface area contributed by atoms with Gasteiger partial charge in [0, 0.05) is 39.2 Å². The maximum absolute atomic E-state index is 6.12. The van der Waals surface area contributed by atoms with E-state index in [0.29, 0.717) is 12.2 Å². The third kappa shape index (κ3) is 6.02. The molecule has 0 spiro atoms. The molecule has 1 unspecified atom stereocenters. The minimum Gasteiger partial charge on any atom is -0.469 e. The topological polar surface area (TPSA) is 59.2 Å². The summed E-state index contributed by atoms with van der Waals surface area (Å²) in [7, 11) is 0. The normalized spacial score (nSPS) is 22.6. The first-order chi connectivity index (χ1) is 12.8. The Morgan fingerprint density at radius 1 is 1.31 bits per heavy atom. The molecule has 2 aliphatic rings. The number of hydrogen-bond donors (Lipinski definition) is 1. The van der Waals surface area contributed by atoms with Crippen LogP contribution in [0.1, 0.15) is 44.8 Å². The van der Waals surface area contributed by atoms with Crippen LogP contribution in [0.2, 0.25) is 0 Å². The van der Waals surface area contributed by atoms with Gasteiger partial charge in [-0.25, -0.2) is 0 Å². The Hall–Kier alpha value is -1.53. The van der Waals surface area contributed by atoms with Crippen LogP contribution >= 0.6 is 0 Å². The molecule has 0 saturated carbocycles. The zero-order chi connectivity index (χ0) is 18.0. The number of hydrogen-bond acceptors (Lipinski definition) is 4. The number of furan rings is 1. The van der Waals surface area contributed by atoms with Crippen LogP contribution < -0.4 is 5.32 Å². The molecule has 0 amide bonds. The average molecular weight is 364 g/mol. The van der Waals surface area contributed by atoms with Crippen molar-refractivity contribution in [2.24, 2.45) is 4.99 Å². The third-order valence-corrected chi connectivity index (χ3v) is 5.07. The van der Waals surface area contributed by atoms with E-state index in [0.717, 1.165) is 76.8 Å². The number of guanidine groups is 1. The van der Waals surface area contributed by atoms with E-state index < -0.39 is 0 Å². The standard InChI is InChI=1S/C20H33N3O3/c1-2-21-20(22-11-8-17-7-5-15-24-17)23-12-9-18(10-13-23)26-16-19-6-3-4-14-25-19/h5,7,15,18-19H,2-4,6,8-14,16H2,1H3,(H,21,22). The summed E-state index contributed by atoms with van der Waals surface area (Å²) in [6, 6.07) is 3.93. The smallest absolute Gasteiger partial charge is 0.193 e. The fourth-order valence-corrected chi connectivity index (χ4v) is 3.57. The van der Waals surface area contributed by atoms with E-state index in [2.05, 4.69) is 17.1 Å². The number of piperidine rings is 1. The second kappa shape index (κ2) is 10.6. The van der Waals surface area contributed by atoms with Crippen LogP contribution in [0.5, 0.6) is 0 Å². The zero-order valence-electron chi connectivity index (χ0n) is 16.0. The minimum absolute atomic E-state index is 0.308. The van der Waals surface area contributed by atoms with E-state index in [1.807, 2.05) is 12.1 Å². The quantitative estimate of drug-likeness (QED) is 0.596. The van der Waals surface area contributed by atoms with Gasteiger partial charge in [0.2, 0.25) is 0 Å². The highest BCUT2D eigenvalue weighted by molar-refractivity contribution is 5.80. The summed E-state index contributed by atoms with van der Waals surface area (Å²) in [6.07, 6.45) is 8.92. The summed E-state index contributed by atoms with van der Waals surface area (Å²) < 4.78 is 17.3. The molecule has 2 saturated heterocycles. The third-order valence-electron chi connectivity index (χ3n) is 5.07. The summed E-state index contributed by atoms with van der Waals surface area (Å²) in [4.78, 5) is 7.12. The summed E-state index contributed by atoms with van der Waals surface area (Å²) >= 11 is 0. The van der Waals surface area contributed by atoms with Gasteiger partial charge in [-0.05, 0) is 51.2 Å². The SMILES string of the molecule is CCNC(=NCCc1ccco1)N1CCC(OCC2CCCCO2)CC1. The van der Waals surface area contributed by atoms with Crippen LogP contribution in [0.3, 0.4) is 0 Å². The highest BCUT2D eigenvalue weighted by atomic mass is 16.5. The van der Waals surface area contributed by atoms with Gasteiger partial charge in [-0.2, -0.15) is 0 Å². The summed E-state index contributed by atoms with van der Waals surface area (Å²) in [6.45, 7) is 7.36. The Bertz CT molecular complexity index is 518. The Labute approximate surface area is 156 Å². The number of nitrogens with zero attached hydrogens (tertiary/aromatic N) is 2. The average Bonchev–Trinajstić information content (AvgIpc) is 3.20. The van der Waals surface area contributed by atoms with Crippen molar-refractivity contribution in [2.75, 3.05) is 39.4 Å². The Morgan fingerprint density at radius 3 is 2.88 bits per heavy atom. The molecule has 0 aliphatic carbocycles. The number of rotatable bonds is 7. The summed E-state index contributed by atoms with van der Waals surface area (Å²) in [5.41, 5.74) is 0. The zero-order valence-corrected chi connectivity index (χ0v) is 16.0. The first-order valence-corrected chi connectivity index (χ1v) is 10.1. The van der Waals surface area contributed by atoms with E-state index in [-0.39, 0.29) is 0 Å². The van der Waals surface area contributed by atoms with E-state index >= 15 is 0 Å². The van der Waals surface area contributed by atoms with Crippen molar-refractivity contribution in [2.45, 2.75) is 57.7 Å². The van der Waals surface area contributed by atoms with E-state index in [1.54, 1.807) is 6.26 Å². The van der Waals surface area contributed by atoms with Crippen LogP contribution in [0.4, 0.5) is 0 Å². The summed E-state index contributed by atoms with van der Waals surface area (Å²) in [5, 5.41) is 3.42. The molecule has 146 valence electrons. The Kier molecular flexibility index (Phi) is 7.83. The number of nitrogens with one attached hydrogen (secondary N) is 1. The monoisotopic (exact) mass is 363 g/mol. The highest BCUT2D eigenvalue weighted by Gasteiger charge is 2.23. The van der Waals surface area contributed by atoms with Crippen LogP contribution in [0, 0.1) is 0 Å². The second-order valence-corrected chi connectivity index (χ2v) is 7.07. The van der Waals surface area contributed by atoms with Gasteiger partial charge in [-0.1, -0.05) is 0 Å². The second-order valence-electron chi connectivity index (χ2n) is 7.07. The predicted octanol–water partition coefficient (Wildman–Crippen LogP) is 2.84. The molecule has 3 heterocycles. The first-order valence-electron chi connectivity index (χ1n) is 10.1. The molecule has 0 bridgehead atoms. The molecule has 2 fully saturated rings. The van der Waals surface area contributed by atoms with E-state index in [1.165, 1.54) is 12.8 Å². The van der Waals surface area contributed by atoms with Crippen LogP contribution in [-0.2, 0) is 15.9 Å². The molecule has 0 aromatic carbocycles. The van der Waals surface area contributed by atoms with Gasteiger partial charge >= 0.3 is 0 Å². The molecule has 3 rings (SSSR count). The van der Waals surface area contributed by atoms with Gasteiger partial charge in [0.25, 0.3) is 0 Å². The molecule has 6 nitrogen and oxygen atoms in total. The Morgan fingerprint density at radius 2 is 2.19 bits per heavy atom. The molecule has 1 aromatic rings. The van der Waals surface area contributed by atoms with Crippen molar-refractivity contribution in [1.82, 2.24) is 10.2 Å². The molecule has 6 heteroatoms. The van der Waals surface area contributed by atoms with Crippen molar-refractivity contribution in [3.05, 3.63) is 24.2 Å². The van der Waals surface area contributed by atoms with Gasteiger partial charge in [0.1, 0.15) is 5.76 Å². The van der Waals surface area contributed by atoms with Crippen LogP contribution in [0.25, 0.3) is 0 Å². The van der Waals surface area contributed by atoms with Crippen molar-refractivity contribution in [3.63, 3.8) is 0 Å². The van der Waals surface area contributed by atoms with Crippen LogP contribution in [-0.4, -0.2) is 62.5 Å². The lowest BCUT2D eigenvalue weighted by Crippen LogP contribution is -2.47. The maximum atomic E-state index is 6.12. The van der Waals surface area contributed by atoms with Gasteiger partial charge in [-0.3, -0.25) is 4.99 Å². The molecular formula is C20H33N3O3. The van der Waals surface area contributed by atoms with Crippen molar-refractivity contribution < 1.29 is 13.9 Å². The van der Waals surface area contributed by atoms with Gasteiger partial charge < -0.3 is 24.1 Å². The molecule has 1 aromatic heterocycles. The number of ether oxygens (including phenoxy) is 2. The van der Waals surface area contributed by atoms with Crippen molar-refractivity contribution in [1.29, 1.82) is 0 Å².